The Morgan fingerprint density at radius 2 is 1.91 bits per heavy atom. The van der Waals surface area contributed by atoms with Crippen molar-refractivity contribution in [2.45, 2.75) is 12.8 Å². The zero-order valence-electron chi connectivity index (χ0n) is 12.4. The fraction of sp³-hybridized carbons (Fsp3) is 0.294. The molecule has 1 aliphatic heterocycles. The molecule has 2 heterocycles. The number of halogens is 1. The van der Waals surface area contributed by atoms with Crippen LogP contribution in [0.4, 0.5) is 4.39 Å². The first-order chi connectivity index (χ1) is 11.0. The summed E-state index contributed by atoms with van der Waals surface area (Å²) in [7, 11) is 0. The SMILES string of the molecule is O=C(O)[C@H]1CCCN(C(=O)c2ccc(-c3ccc(F)cc3)o2)C1. The van der Waals surface area contributed by atoms with Crippen LogP contribution in [-0.2, 0) is 4.79 Å². The number of carbonyl (C=O) groups is 2. The third-order valence-electron chi connectivity index (χ3n) is 4.00. The molecular weight excluding hydrogens is 301 g/mol. The fourth-order valence-corrected chi connectivity index (χ4v) is 2.74. The van der Waals surface area contributed by atoms with Crippen LogP contribution in [0.2, 0.25) is 0 Å². The van der Waals surface area contributed by atoms with Gasteiger partial charge in [-0.05, 0) is 49.2 Å². The van der Waals surface area contributed by atoms with Crippen LogP contribution in [0.3, 0.4) is 0 Å². The van der Waals surface area contributed by atoms with E-state index >= 15 is 0 Å². The Labute approximate surface area is 132 Å². The molecule has 1 amide bonds. The standard InChI is InChI=1S/C17H16FNO4/c18-13-5-3-11(4-6-13)14-7-8-15(23-14)16(20)19-9-1-2-12(10-19)17(21)22/h3-8,12H,1-2,9-10H2,(H,21,22)/t12-/m0/s1. The molecule has 0 bridgehead atoms. The van der Waals surface area contributed by atoms with E-state index in [1.54, 1.807) is 24.3 Å². The van der Waals surface area contributed by atoms with Crippen molar-refractivity contribution < 1.29 is 23.5 Å². The number of carbonyl (C=O) groups excluding carboxylic acids is 1. The van der Waals surface area contributed by atoms with E-state index in [4.69, 9.17) is 9.52 Å². The first kappa shape index (κ1) is 15.3. The lowest BCUT2D eigenvalue weighted by atomic mass is 9.98. The van der Waals surface area contributed by atoms with Gasteiger partial charge in [0.15, 0.2) is 5.76 Å². The monoisotopic (exact) mass is 317 g/mol. The number of rotatable bonds is 3. The highest BCUT2D eigenvalue weighted by Crippen LogP contribution is 2.25. The molecule has 1 N–H and O–H groups in total. The lowest BCUT2D eigenvalue weighted by molar-refractivity contribution is -0.143. The van der Waals surface area contributed by atoms with Gasteiger partial charge in [0.05, 0.1) is 5.92 Å². The van der Waals surface area contributed by atoms with Crippen LogP contribution in [0.5, 0.6) is 0 Å². The number of hydrogen-bond acceptors (Lipinski definition) is 3. The van der Waals surface area contributed by atoms with E-state index in [-0.39, 0.29) is 24.0 Å². The molecule has 5 nitrogen and oxygen atoms in total. The molecule has 0 spiro atoms. The van der Waals surface area contributed by atoms with Crippen molar-refractivity contribution in [3.63, 3.8) is 0 Å². The zero-order valence-corrected chi connectivity index (χ0v) is 12.4. The molecule has 0 unspecified atom stereocenters. The highest BCUT2D eigenvalue weighted by atomic mass is 19.1. The van der Waals surface area contributed by atoms with Crippen LogP contribution in [0, 0.1) is 11.7 Å². The van der Waals surface area contributed by atoms with Crippen LogP contribution in [0.25, 0.3) is 11.3 Å². The summed E-state index contributed by atoms with van der Waals surface area (Å²) in [5, 5.41) is 9.09. The van der Waals surface area contributed by atoms with Gasteiger partial charge >= 0.3 is 5.97 Å². The van der Waals surface area contributed by atoms with Gasteiger partial charge in [-0.25, -0.2) is 4.39 Å². The summed E-state index contributed by atoms with van der Waals surface area (Å²) in [6, 6.07) is 9.00. The van der Waals surface area contributed by atoms with Crippen LogP contribution >= 0.6 is 0 Å². The van der Waals surface area contributed by atoms with Crippen molar-refractivity contribution in [1.82, 2.24) is 4.90 Å². The van der Waals surface area contributed by atoms with Crippen molar-refractivity contribution >= 4 is 11.9 Å². The lowest BCUT2D eigenvalue weighted by Crippen LogP contribution is -2.42. The number of benzene rings is 1. The van der Waals surface area contributed by atoms with E-state index in [2.05, 4.69) is 0 Å². The minimum atomic E-state index is -0.881. The van der Waals surface area contributed by atoms with Gasteiger partial charge in [-0.3, -0.25) is 9.59 Å². The highest BCUT2D eigenvalue weighted by Gasteiger charge is 2.29. The normalized spacial score (nSPS) is 18.0. The molecule has 120 valence electrons. The summed E-state index contributed by atoms with van der Waals surface area (Å²) < 4.78 is 18.5. The second kappa shape index (κ2) is 6.24. The molecule has 1 saturated heterocycles. The lowest BCUT2D eigenvalue weighted by Gasteiger charge is -2.29. The Bertz CT molecular complexity index is 722. The predicted molar refractivity (Wildman–Crippen MR) is 80.4 cm³/mol. The molecule has 1 aliphatic rings. The number of carboxylic acids is 1. The summed E-state index contributed by atoms with van der Waals surface area (Å²) in [5.74, 6) is -1.43. The molecule has 1 aromatic heterocycles. The summed E-state index contributed by atoms with van der Waals surface area (Å²) in [6.45, 7) is 0.718. The largest absolute Gasteiger partial charge is 0.481 e. The van der Waals surface area contributed by atoms with Gasteiger partial charge < -0.3 is 14.4 Å². The number of hydrogen-bond donors (Lipinski definition) is 1. The Kier molecular flexibility index (Phi) is 4.14. The number of carboxylic acid groups (broad SMARTS) is 1. The molecule has 0 aliphatic carbocycles. The summed E-state index contributed by atoms with van der Waals surface area (Å²) in [6.07, 6.45) is 1.24. The number of likely N-dealkylation sites (tertiary alicyclic amines) is 1. The van der Waals surface area contributed by atoms with E-state index in [0.717, 1.165) is 0 Å². The molecule has 1 aromatic carbocycles. The third kappa shape index (κ3) is 3.26. The predicted octanol–water partition coefficient (Wildman–Crippen LogP) is 3.02. The van der Waals surface area contributed by atoms with Crippen molar-refractivity contribution in [2.75, 3.05) is 13.1 Å². The number of aliphatic carboxylic acids is 1. The quantitative estimate of drug-likeness (QED) is 0.944. The van der Waals surface area contributed by atoms with E-state index in [9.17, 15) is 14.0 Å². The average molecular weight is 317 g/mol. The van der Waals surface area contributed by atoms with E-state index in [1.165, 1.54) is 17.0 Å². The maximum absolute atomic E-state index is 12.9. The van der Waals surface area contributed by atoms with Crippen LogP contribution in [-0.4, -0.2) is 35.0 Å². The van der Waals surface area contributed by atoms with Gasteiger partial charge in [0, 0.05) is 18.7 Å². The average Bonchev–Trinajstić information content (AvgIpc) is 3.05. The van der Waals surface area contributed by atoms with Gasteiger partial charge in [-0.2, -0.15) is 0 Å². The first-order valence-corrected chi connectivity index (χ1v) is 7.42. The molecule has 1 fully saturated rings. The van der Waals surface area contributed by atoms with Crippen LogP contribution < -0.4 is 0 Å². The van der Waals surface area contributed by atoms with Gasteiger partial charge in [0.2, 0.25) is 0 Å². The second-order valence-electron chi connectivity index (χ2n) is 5.60. The summed E-state index contributed by atoms with van der Waals surface area (Å²) in [5.41, 5.74) is 0.674. The molecule has 1 atom stereocenters. The Morgan fingerprint density at radius 1 is 1.17 bits per heavy atom. The number of amides is 1. The number of furan rings is 1. The smallest absolute Gasteiger partial charge is 0.308 e. The molecule has 6 heteroatoms. The maximum Gasteiger partial charge on any atom is 0.308 e. The van der Waals surface area contributed by atoms with Crippen molar-refractivity contribution in [3.8, 4) is 11.3 Å². The van der Waals surface area contributed by atoms with Gasteiger partial charge in [0.1, 0.15) is 11.6 Å². The van der Waals surface area contributed by atoms with Crippen molar-refractivity contribution in [3.05, 3.63) is 48.0 Å². The van der Waals surface area contributed by atoms with Crippen LogP contribution in [0.15, 0.2) is 40.8 Å². The minimum Gasteiger partial charge on any atom is -0.481 e. The van der Waals surface area contributed by atoms with Gasteiger partial charge in [0.25, 0.3) is 5.91 Å². The second-order valence-corrected chi connectivity index (χ2v) is 5.60. The zero-order chi connectivity index (χ0) is 16.4. The molecule has 0 saturated carbocycles. The molecular formula is C17H16FNO4. The Morgan fingerprint density at radius 3 is 2.61 bits per heavy atom. The fourth-order valence-electron chi connectivity index (χ4n) is 2.74. The van der Waals surface area contributed by atoms with Crippen LogP contribution in [0.1, 0.15) is 23.4 Å². The summed E-state index contributed by atoms with van der Waals surface area (Å²) >= 11 is 0. The van der Waals surface area contributed by atoms with Gasteiger partial charge in [-0.15, -0.1) is 0 Å². The molecule has 0 radical (unpaired) electrons. The van der Waals surface area contributed by atoms with E-state index < -0.39 is 11.9 Å². The highest BCUT2D eigenvalue weighted by molar-refractivity contribution is 5.92. The first-order valence-electron chi connectivity index (χ1n) is 7.42. The Hall–Kier alpha value is -2.63. The molecule has 23 heavy (non-hydrogen) atoms. The van der Waals surface area contributed by atoms with Crippen molar-refractivity contribution in [2.24, 2.45) is 5.92 Å². The number of nitrogens with zero attached hydrogens (tertiary/aromatic N) is 1. The third-order valence-corrected chi connectivity index (χ3v) is 4.00. The topological polar surface area (TPSA) is 70.8 Å². The minimum absolute atomic E-state index is 0.162. The molecule has 2 aromatic rings. The maximum atomic E-state index is 12.9. The summed E-state index contributed by atoms with van der Waals surface area (Å²) in [4.78, 5) is 25.0. The van der Waals surface area contributed by atoms with Gasteiger partial charge in [-0.1, -0.05) is 0 Å². The van der Waals surface area contributed by atoms with E-state index in [1.807, 2.05) is 0 Å². The van der Waals surface area contributed by atoms with Crippen molar-refractivity contribution in [1.29, 1.82) is 0 Å². The molecule has 3 rings (SSSR count). The number of piperidine rings is 1. The Balaban J connectivity index is 1.75. The van der Waals surface area contributed by atoms with E-state index in [0.29, 0.717) is 30.7 Å².